The molecule has 0 amide bonds. The van der Waals surface area contributed by atoms with Gasteiger partial charge in [0.15, 0.2) is 0 Å². The molecule has 2 nitrogen and oxygen atoms in total. The van der Waals surface area contributed by atoms with Gasteiger partial charge in [-0.3, -0.25) is 0 Å². The molecule has 0 radical (unpaired) electrons. The van der Waals surface area contributed by atoms with Crippen molar-refractivity contribution in [3.05, 3.63) is 83.4 Å². The Morgan fingerprint density at radius 2 is 0.775 bits per heavy atom. The smallest absolute Gasteiger partial charge is 0.0406 e. The van der Waals surface area contributed by atoms with E-state index >= 15 is 0 Å². The lowest BCUT2D eigenvalue weighted by molar-refractivity contribution is 0.543. The Bertz CT molecular complexity index is 992. The Morgan fingerprint density at radius 3 is 1.15 bits per heavy atom. The van der Waals surface area contributed by atoms with Crippen LogP contribution in [0.3, 0.4) is 0 Å². The number of aromatic nitrogens is 2. The molecule has 0 spiro atoms. The summed E-state index contributed by atoms with van der Waals surface area (Å²) in [6.07, 6.45) is 35.3. The lowest BCUT2D eigenvalue weighted by Gasteiger charge is -2.07. The topological polar surface area (TPSA) is 9.86 Å². The van der Waals surface area contributed by atoms with Crippen molar-refractivity contribution in [3.8, 4) is 0 Å². The maximum atomic E-state index is 2.40. The zero-order valence-electron chi connectivity index (χ0n) is 25.7. The van der Waals surface area contributed by atoms with E-state index in [4.69, 9.17) is 0 Å². The molecule has 0 bridgehead atoms. The van der Waals surface area contributed by atoms with E-state index in [1.807, 2.05) is 0 Å². The summed E-state index contributed by atoms with van der Waals surface area (Å²) in [7, 11) is 0. The van der Waals surface area contributed by atoms with Gasteiger partial charge >= 0.3 is 0 Å². The highest BCUT2D eigenvalue weighted by Crippen LogP contribution is 2.16. The van der Waals surface area contributed by atoms with Crippen LogP contribution in [0.2, 0.25) is 0 Å². The first kappa shape index (κ1) is 31.8. The molecule has 2 aromatic heterocycles. The third kappa shape index (κ3) is 12.6. The van der Waals surface area contributed by atoms with Crippen molar-refractivity contribution in [1.82, 2.24) is 9.13 Å². The first-order valence-electron chi connectivity index (χ1n) is 16.6. The molecule has 0 atom stereocenters. The highest BCUT2D eigenvalue weighted by molar-refractivity contribution is 5.72. The predicted molar refractivity (Wildman–Crippen MR) is 178 cm³/mol. The zero-order valence-corrected chi connectivity index (χ0v) is 25.7. The molecule has 0 aliphatic heterocycles. The zero-order chi connectivity index (χ0) is 28.1. The van der Waals surface area contributed by atoms with Crippen LogP contribution in [-0.2, 0) is 13.1 Å². The summed E-state index contributed by atoms with van der Waals surface area (Å²) >= 11 is 0. The first-order valence-corrected chi connectivity index (χ1v) is 16.6. The summed E-state index contributed by atoms with van der Waals surface area (Å²) in [6.45, 7) is 6.81. The van der Waals surface area contributed by atoms with Crippen LogP contribution in [-0.4, -0.2) is 9.13 Å². The number of aryl methyl sites for hydroxylation is 2. The second kappa shape index (κ2) is 20.2. The molecule has 3 aromatic rings. The summed E-state index contributed by atoms with van der Waals surface area (Å²) in [5, 5.41) is 0. The predicted octanol–water partition coefficient (Wildman–Crippen LogP) is 11.9. The fourth-order valence-corrected chi connectivity index (χ4v) is 5.48. The van der Waals surface area contributed by atoms with Crippen molar-refractivity contribution in [3.63, 3.8) is 0 Å². The summed E-state index contributed by atoms with van der Waals surface area (Å²) in [6, 6.07) is 17.7. The highest BCUT2D eigenvalue weighted by Gasteiger charge is 2.00. The second-order valence-corrected chi connectivity index (χ2v) is 11.5. The standard InChI is InChI=1S/C38H56N2/c1-3-5-7-9-11-13-15-17-31-39-33-19-21-37(39)29-27-35-23-25-36(26-24-35)28-30-38-22-20-34-40(38)32-18-16-14-12-10-8-6-4-2/h19-30,33-34H,3-18,31-32H2,1-2H3/b29-27+,30-28+. The molecule has 0 aliphatic rings. The Hall–Kier alpha value is -2.74. The third-order valence-electron chi connectivity index (χ3n) is 8.06. The Kier molecular flexibility index (Phi) is 16.0. The number of hydrogen-bond acceptors (Lipinski definition) is 0. The molecule has 0 saturated heterocycles. The largest absolute Gasteiger partial charge is 0.348 e. The summed E-state index contributed by atoms with van der Waals surface area (Å²) in [5.74, 6) is 0. The quantitative estimate of drug-likeness (QED) is 0.112. The van der Waals surface area contributed by atoms with Crippen LogP contribution in [0, 0.1) is 0 Å². The molecule has 0 fully saturated rings. The number of benzene rings is 1. The number of hydrogen-bond donors (Lipinski definition) is 0. The fraction of sp³-hybridized carbons (Fsp3) is 0.526. The lowest BCUT2D eigenvalue weighted by atomic mass is 10.1. The minimum Gasteiger partial charge on any atom is -0.348 e. The normalized spacial score (nSPS) is 11.8. The van der Waals surface area contributed by atoms with E-state index in [1.165, 1.54) is 125 Å². The maximum absolute atomic E-state index is 2.40. The van der Waals surface area contributed by atoms with Crippen molar-refractivity contribution in [1.29, 1.82) is 0 Å². The monoisotopic (exact) mass is 540 g/mol. The molecule has 2 heterocycles. The Balaban J connectivity index is 1.39. The van der Waals surface area contributed by atoms with E-state index in [9.17, 15) is 0 Å². The number of rotatable bonds is 22. The van der Waals surface area contributed by atoms with Crippen molar-refractivity contribution >= 4 is 24.3 Å². The Labute approximate surface area is 246 Å². The van der Waals surface area contributed by atoms with Crippen LogP contribution in [0.25, 0.3) is 24.3 Å². The van der Waals surface area contributed by atoms with Crippen LogP contribution in [0.4, 0.5) is 0 Å². The molecule has 0 saturated carbocycles. The molecule has 3 rings (SSSR count). The van der Waals surface area contributed by atoms with E-state index in [0.717, 1.165) is 13.1 Å². The fourth-order valence-electron chi connectivity index (χ4n) is 5.48. The van der Waals surface area contributed by atoms with Gasteiger partial charge in [0.1, 0.15) is 0 Å². The highest BCUT2D eigenvalue weighted by atomic mass is 15.0. The second-order valence-electron chi connectivity index (χ2n) is 11.5. The van der Waals surface area contributed by atoms with Crippen molar-refractivity contribution in [2.75, 3.05) is 0 Å². The molecule has 0 N–H and O–H groups in total. The van der Waals surface area contributed by atoms with Gasteiger partial charge < -0.3 is 9.13 Å². The van der Waals surface area contributed by atoms with E-state index in [2.05, 4.69) is 108 Å². The van der Waals surface area contributed by atoms with Crippen molar-refractivity contribution < 1.29 is 0 Å². The Morgan fingerprint density at radius 1 is 0.425 bits per heavy atom. The SMILES string of the molecule is CCCCCCCCCCn1cccc1/C=C/c1ccc(/C=C/c2cccn2CCCCCCCCCC)cc1. The van der Waals surface area contributed by atoms with Crippen LogP contribution >= 0.6 is 0 Å². The van der Waals surface area contributed by atoms with Gasteiger partial charge in [-0.1, -0.05) is 140 Å². The minimum absolute atomic E-state index is 1.12. The van der Waals surface area contributed by atoms with Gasteiger partial charge in [-0.2, -0.15) is 0 Å². The van der Waals surface area contributed by atoms with Crippen LogP contribution < -0.4 is 0 Å². The average Bonchev–Trinajstić information content (AvgIpc) is 3.63. The molecule has 1 aromatic carbocycles. The molecular formula is C38H56N2. The van der Waals surface area contributed by atoms with E-state index in [1.54, 1.807) is 0 Å². The van der Waals surface area contributed by atoms with E-state index in [-0.39, 0.29) is 0 Å². The number of unbranched alkanes of at least 4 members (excludes halogenated alkanes) is 14. The molecule has 218 valence electrons. The average molecular weight is 541 g/mol. The lowest BCUT2D eigenvalue weighted by Crippen LogP contribution is -1.98. The first-order chi connectivity index (χ1) is 19.8. The van der Waals surface area contributed by atoms with Crippen LogP contribution in [0.1, 0.15) is 139 Å². The summed E-state index contributed by atoms with van der Waals surface area (Å²) < 4.78 is 4.79. The van der Waals surface area contributed by atoms with Crippen molar-refractivity contribution in [2.45, 2.75) is 130 Å². The van der Waals surface area contributed by atoms with Crippen molar-refractivity contribution in [2.24, 2.45) is 0 Å². The molecule has 0 unspecified atom stereocenters. The van der Waals surface area contributed by atoms with E-state index in [0.29, 0.717) is 0 Å². The molecule has 2 heteroatoms. The van der Waals surface area contributed by atoms with Gasteiger partial charge in [0.05, 0.1) is 0 Å². The van der Waals surface area contributed by atoms with Gasteiger partial charge in [0, 0.05) is 36.9 Å². The van der Waals surface area contributed by atoms with Gasteiger partial charge in [-0.05, 0) is 60.4 Å². The van der Waals surface area contributed by atoms with Gasteiger partial charge in [0.2, 0.25) is 0 Å². The van der Waals surface area contributed by atoms with Gasteiger partial charge in [-0.25, -0.2) is 0 Å². The molecular weight excluding hydrogens is 484 g/mol. The van der Waals surface area contributed by atoms with E-state index < -0.39 is 0 Å². The van der Waals surface area contributed by atoms with Crippen LogP contribution in [0.15, 0.2) is 60.9 Å². The summed E-state index contributed by atoms with van der Waals surface area (Å²) in [5.41, 5.74) is 5.08. The maximum Gasteiger partial charge on any atom is 0.0406 e. The molecule has 40 heavy (non-hydrogen) atoms. The summed E-state index contributed by atoms with van der Waals surface area (Å²) in [4.78, 5) is 0. The van der Waals surface area contributed by atoms with Gasteiger partial charge in [-0.15, -0.1) is 0 Å². The van der Waals surface area contributed by atoms with Gasteiger partial charge in [0.25, 0.3) is 0 Å². The number of nitrogens with zero attached hydrogens (tertiary/aromatic N) is 2. The third-order valence-corrected chi connectivity index (χ3v) is 8.06. The van der Waals surface area contributed by atoms with Crippen LogP contribution in [0.5, 0.6) is 0 Å². The minimum atomic E-state index is 1.12. The molecule has 0 aliphatic carbocycles.